The van der Waals surface area contributed by atoms with Gasteiger partial charge in [-0.3, -0.25) is 9.48 Å². The second-order valence-corrected chi connectivity index (χ2v) is 8.10. The number of benzene rings is 1. The van der Waals surface area contributed by atoms with Gasteiger partial charge in [-0.25, -0.2) is 13.1 Å². The summed E-state index contributed by atoms with van der Waals surface area (Å²) >= 11 is 0. The molecule has 0 saturated carbocycles. The molecule has 0 fully saturated rings. The number of hydrogen-bond donors (Lipinski definition) is 1. The summed E-state index contributed by atoms with van der Waals surface area (Å²) in [4.78, 5) is 11.5. The second kappa shape index (κ2) is 7.50. The van der Waals surface area contributed by atoms with Crippen LogP contribution in [-0.4, -0.2) is 30.5 Å². The van der Waals surface area contributed by atoms with Gasteiger partial charge in [0.25, 0.3) is 0 Å². The number of carbonyl (C=O) groups is 1. The number of nitrogens with zero attached hydrogens (tertiary/aromatic N) is 2. The molecule has 0 spiro atoms. The molecule has 3 aromatic rings. The Balaban J connectivity index is 1.84. The zero-order valence-corrected chi connectivity index (χ0v) is 16.2. The zero-order chi connectivity index (χ0) is 19.6. The van der Waals surface area contributed by atoms with Crippen LogP contribution >= 0.6 is 0 Å². The minimum atomic E-state index is -3.75. The van der Waals surface area contributed by atoms with Crippen molar-refractivity contribution in [3.8, 4) is 0 Å². The lowest BCUT2D eigenvalue weighted by molar-refractivity contribution is 0.101. The minimum Gasteiger partial charge on any atom is -0.467 e. The van der Waals surface area contributed by atoms with Gasteiger partial charge < -0.3 is 4.42 Å². The third kappa shape index (κ3) is 4.17. The van der Waals surface area contributed by atoms with Gasteiger partial charge in [-0.15, -0.1) is 0 Å². The van der Waals surface area contributed by atoms with Crippen molar-refractivity contribution in [3.63, 3.8) is 0 Å². The largest absolute Gasteiger partial charge is 0.467 e. The van der Waals surface area contributed by atoms with E-state index in [0.29, 0.717) is 11.3 Å². The van der Waals surface area contributed by atoms with Crippen molar-refractivity contribution in [3.05, 3.63) is 71.4 Å². The Hall–Kier alpha value is -2.71. The summed E-state index contributed by atoms with van der Waals surface area (Å²) in [5.74, 6) is 0.491. The summed E-state index contributed by atoms with van der Waals surface area (Å²) in [5, 5.41) is 4.46. The lowest BCUT2D eigenvalue weighted by Crippen LogP contribution is -2.32. The summed E-state index contributed by atoms with van der Waals surface area (Å²) in [7, 11) is -3.75. The van der Waals surface area contributed by atoms with Crippen molar-refractivity contribution in [1.29, 1.82) is 0 Å². The molecule has 27 heavy (non-hydrogen) atoms. The second-order valence-electron chi connectivity index (χ2n) is 6.34. The fraction of sp³-hybridized carbons (Fsp3) is 0.263. The standard InChI is InChI=1S/C19H21N3O4S/c1-13-11-14(2)22(21-13)18(19-5-4-10-26-19)12-20-27(24,25)17-8-6-16(7-9-17)15(3)23/h4-11,18,20H,12H2,1-3H3. The number of ketones is 1. The molecule has 7 nitrogen and oxygen atoms in total. The summed E-state index contributed by atoms with van der Waals surface area (Å²) < 4.78 is 35.2. The number of nitrogens with one attached hydrogen (secondary N) is 1. The van der Waals surface area contributed by atoms with Gasteiger partial charge in [0.05, 0.1) is 16.9 Å². The van der Waals surface area contributed by atoms with E-state index in [0.717, 1.165) is 11.4 Å². The van der Waals surface area contributed by atoms with Crippen LogP contribution in [0.5, 0.6) is 0 Å². The lowest BCUT2D eigenvalue weighted by Gasteiger charge is -2.18. The van der Waals surface area contributed by atoms with Crippen LogP contribution in [0.1, 0.15) is 40.5 Å². The third-order valence-electron chi connectivity index (χ3n) is 4.25. The van der Waals surface area contributed by atoms with E-state index in [1.807, 2.05) is 19.9 Å². The molecule has 0 saturated heterocycles. The lowest BCUT2D eigenvalue weighted by atomic mass is 10.2. The van der Waals surface area contributed by atoms with Crippen LogP contribution in [0, 0.1) is 13.8 Å². The zero-order valence-electron chi connectivity index (χ0n) is 15.3. The molecule has 0 aliphatic heterocycles. The average molecular weight is 387 g/mol. The first-order valence-electron chi connectivity index (χ1n) is 8.45. The van der Waals surface area contributed by atoms with Crippen molar-refractivity contribution in [1.82, 2.24) is 14.5 Å². The molecule has 0 radical (unpaired) electrons. The van der Waals surface area contributed by atoms with Crippen LogP contribution in [0.3, 0.4) is 0 Å². The molecule has 0 aliphatic carbocycles. The van der Waals surface area contributed by atoms with Crippen LogP contribution in [0.15, 0.2) is 58.0 Å². The first-order valence-corrected chi connectivity index (χ1v) is 9.93. The molecule has 0 aliphatic rings. The van der Waals surface area contributed by atoms with E-state index in [4.69, 9.17) is 4.42 Å². The molecule has 0 bridgehead atoms. The molecular weight excluding hydrogens is 366 g/mol. The van der Waals surface area contributed by atoms with Gasteiger partial charge in [-0.05, 0) is 51.1 Å². The Morgan fingerprint density at radius 3 is 2.44 bits per heavy atom. The van der Waals surface area contributed by atoms with Gasteiger partial charge in [-0.2, -0.15) is 5.10 Å². The summed E-state index contributed by atoms with van der Waals surface area (Å²) in [6.07, 6.45) is 1.54. The maximum atomic E-state index is 12.7. The Bertz CT molecular complexity index is 1040. The van der Waals surface area contributed by atoms with E-state index in [1.54, 1.807) is 23.1 Å². The van der Waals surface area contributed by atoms with Gasteiger partial charge in [0.2, 0.25) is 10.0 Å². The molecular formula is C19H21N3O4S. The predicted octanol–water partition coefficient (Wildman–Crippen LogP) is 2.86. The van der Waals surface area contributed by atoms with Crippen LogP contribution in [0.2, 0.25) is 0 Å². The molecule has 1 unspecified atom stereocenters. The highest BCUT2D eigenvalue weighted by molar-refractivity contribution is 7.89. The fourth-order valence-electron chi connectivity index (χ4n) is 2.89. The van der Waals surface area contributed by atoms with Crippen LogP contribution in [0.25, 0.3) is 0 Å². The summed E-state index contributed by atoms with van der Waals surface area (Å²) in [6.45, 7) is 5.30. The quantitative estimate of drug-likeness (QED) is 0.629. The molecule has 1 N–H and O–H groups in total. The first-order chi connectivity index (χ1) is 12.8. The molecule has 0 amide bonds. The van der Waals surface area contributed by atoms with Crippen molar-refractivity contribution in [2.24, 2.45) is 0 Å². The van der Waals surface area contributed by atoms with Crippen molar-refractivity contribution < 1.29 is 17.6 Å². The fourth-order valence-corrected chi connectivity index (χ4v) is 3.93. The highest BCUT2D eigenvalue weighted by Gasteiger charge is 2.23. The van der Waals surface area contributed by atoms with Crippen LogP contribution < -0.4 is 4.72 Å². The Morgan fingerprint density at radius 2 is 1.93 bits per heavy atom. The van der Waals surface area contributed by atoms with Crippen LogP contribution in [-0.2, 0) is 10.0 Å². The van der Waals surface area contributed by atoms with Crippen LogP contribution in [0.4, 0.5) is 0 Å². The molecule has 8 heteroatoms. The highest BCUT2D eigenvalue weighted by Crippen LogP contribution is 2.21. The monoisotopic (exact) mass is 387 g/mol. The normalized spacial score (nSPS) is 12.9. The molecule has 3 rings (SSSR count). The number of furan rings is 1. The van der Waals surface area contributed by atoms with E-state index < -0.39 is 16.1 Å². The Kier molecular flexibility index (Phi) is 5.29. The number of aromatic nitrogens is 2. The maximum absolute atomic E-state index is 12.7. The number of carbonyl (C=O) groups excluding carboxylic acids is 1. The molecule has 142 valence electrons. The van der Waals surface area contributed by atoms with E-state index in [-0.39, 0.29) is 17.2 Å². The molecule has 2 heterocycles. The Morgan fingerprint density at radius 1 is 1.22 bits per heavy atom. The number of aryl methyl sites for hydroxylation is 2. The van der Waals surface area contributed by atoms with Gasteiger partial charge in [0.15, 0.2) is 5.78 Å². The van der Waals surface area contributed by atoms with E-state index in [1.165, 1.54) is 31.2 Å². The average Bonchev–Trinajstić information content (AvgIpc) is 3.25. The number of sulfonamides is 1. The SMILES string of the molecule is CC(=O)c1ccc(S(=O)(=O)NCC(c2ccco2)n2nc(C)cc2C)cc1. The van der Waals surface area contributed by atoms with Crippen molar-refractivity contribution in [2.75, 3.05) is 6.54 Å². The number of rotatable bonds is 7. The molecule has 1 aromatic carbocycles. The third-order valence-corrected chi connectivity index (χ3v) is 5.69. The number of Topliss-reactive ketones (excluding diaryl/α,β-unsaturated/α-hetero) is 1. The smallest absolute Gasteiger partial charge is 0.240 e. The van der Waals surface area contributed by atoms with E-state index in [2.05, 4.69) is 9.82 Å². The summed E-state index contributed by atoms with van der Waals surface area (Å²) in [5.41, 5.74) is 2.20. The number of hydrogen-bond acceptors (Lipinski definition) is 5. The van der Waals surface area contributed by atoms with Gasteiger partial charge in [0, 0.05) is 17.8 Å². The van der Waals surface area contributed by atoms with Gasteiger partial charge in [-0.1, -0.05) is 12.1 Å². The maximum Gasteiger partial charge on any atom is 0.240 e. The predicted molar refractivity (Wildman–Crippen MR) is 100 cm³/mol. The van der Waals surface area contributed by atoms with Gasteiger partial charge >= 0.3 is 0 Å². The first kappa shape index (κ1) is 19.1. The van der Waals surface area contributed by atoms with Crippen molar-refractivity contribution in [2.45, 2.75) is 31.7 Å². The van der Waals surface area contributed by atoms with E-state index >= 15 is 0 Å². The van der Waals surface area contributed by atoms with Gasteiger partial charge in [0.1, 0.15) is 11.8 Å². The molecule has 1 atom stereocenters. The van der Waals surface area contributed by atoms with Crippen molar-refractivity contribution >= 4 is 15.8 Å². The Labute approximate surface area is 158 Å². The topological polar surface area (TPSA) is 94.2 Å². The highest BCUT2D eigenvalue weighted by atomic mass is 32.2. The summed E-state index contributed by atoms with van der Waals surface area (Å²) in [6, 6.07) is 10.9. The van der Waals surface area contributed by atoms with E-state index in [9.17, 15) is 13.2 Å². The molecule has 2 aromatic heterocycles. The minimum absolute atomic E-state index is 0.0757.